The van der Waals surface area contributed by atoms with E-state index in [1.165, 1.54) is 10.6 Å². The van der Waals surface area contributed by atoms with Gasteiger partial charge in [-0.1, -0.05) is 6.07 Å². The predicted octanol–water partition coefficient (Wildman–Crippen LogP) is 3.82. The monoisotopic (exact) mass is 358 g/mol. The summed E-state index contributed by atoms with van der Waals surface area (Å²) in [6, 6.07) is 12.4. The van der Waals surface area contributed by atoms with Crippen molar-refractivity contribution < 1.29 is 9.53 Å². The summed E-state index contributed by atoms with van der Waals surface area (Å²) in [5.41, 5.74) is 1.20. The van der Waals surface area contributed by atoms with Crippen LogP contribution in [0, 0.1) is 0 Å². The van der Waals surface area contributed by atoms with E-state index in [0.717, 1.165) is 51.2 Å². The Bertz CT molecular complexity index is 647. The fourth-order valence-electron chi connectivity index (χ4n) is 3.20. The van der Waals surface area contributed by atoms with Crippen LogP contribution in [-0.4, -0.2) is 44.1 Å². The number of benzene rings is 1. The first-order chi connectivity index (χ1) is 12.3. The van der Waals surface area contributed by atoms with Crippen molar-refractivity contribution >= 4 is 22.9 Å². The number of carbonyl (C=O) groups is 1. The molecule has 1 aromatic carbocycles. The highest BCUT2D eigenvalue weighted by atomic mass is 32.1. The second kappa shape index (κ2) is 8.90. The lowest BCUT2D eigenvalue weighted by Crippen LogP contribution is -2.48. The first-order valence-electron chi connectivity index (χ1n) is 8.95. The highest BCUT2D eigenvalue weighted by Crippen LogP contribution is 2.21. The lowest BCUT2D eigenvalue weighted by molar-refractivity contribution is -0.131. The quantitative estimate of drug-likeness (QED) is 0.706. The molecule has 1 saturated heterocycles. The number of thiophene rings is 1. The number of amides is 1. The topological polar surface area (TPSA) is 32.8 Å². The van der Waals surface area contributed by atoms with Gasteiger partial charge in [0, 0.05) is 43.2 Å². The van der Waals surface area contributed by atoms with Gasteiger partial charge in [-0.05, 0) is 55.0 Å². The van der Waals surface area contributed by atoms with Crippen molar-refractivity contribution in [1.82, 2.24) is 4.90 Å². The van der Waals surface area contributed by atoms with Gasteiger partial charge in [0.15, 0.2) is 0 Å². The van der Waals surface area contributed by atoms with Crippen LogP contribution < -0.4 is 9.64 Å². The minimum atomic E-state index is 0.306. The number of nitrogens with zero attached hydrogens (tertiary/aromatic N) is 2. The van der Waals surface area contributed by atoms with Gasteiger partial charge in [0.1, 0.15) is 5.75 Å². The number of ether oxygens (including phenoxy) is 1. The fraction of sp³-hybridized carbons (Fsp3) is 0.450. The van der Waals surface area contributed by atoms with E-state index >= 15 is 0 Å². The maximum Gasteiger partial charge on any atom is 0.222 e. The molecule has 0 bridgehead atoms. The standard InChI is InChI=1S/C20H26N2O2S/c1-24-18-10-8-17(9-11-18)21-12-14-22(15-13-21)20(23)7-3-2-5-19-6-4-16-25-19/h4,6,8-11,16H,2-3,5,7,12-15H2,1H3. The molecule has 4 nitrogen and oxygen atoms in total. The minimum absolute atomic E-state index is 0.306. The first-order valence-corrected chi connectivity index (χ1v) is 9.83. The van der Waals surface area contributed by atoms with Gasteiger partial charge in [-0.3, -0.25) is 4.79 Å². The summed E-state index contributed by atoms with van der Waals surface area (Å²) in [5.74, 6) is 1.18. The van der Waals surface area contributed by atoms with Gasteiger partial charge in [0.25, 0.3) is 0 Å². The molecular formula is C20H26N2O2S. The third kappa shape index (κ3) is 4.98. The Morgan fingerprint density at radius 1 is 1.08 bits per heavy atom. The van der Waals surface area contributed by atoms with Crippen LogP contribution in [0.4, 0.5) is 5.69 Å². The Hall–Kier alpha value is -2.01. The SMILES string of the molecule is COc1ccc(N2CCN(C(=O)CCCCc3cccs3)CC2)cc1. The number of methoxy groups -OCH3 is 1. The van der Waals surface area contributed by atoms with Crippen LogP contribution in [0.3, 0.4) is 0 Å². The largest absolute Gasteiger partial charge is 0.497 e. The predicted molar refractivity (Wildman–Crippen MR) is 104 cm³/mol. The zero-order chi connectivity index (χ0) is 17.5. The number of carbonyl (C=O) groups excluding carboxylic acids is 1. The molecule has 1 amide bonds. The Balaban J connectivity index is 1.38. The maximum absolute atomic E-state index is 12.4. The normalized spacial score (nSPS) is 14.6. The lowest BCUT2D eigenvalue weighted by atomic mass is 10.1. The van der Waals surface area contributed by atoms with Crippen molar-refractivity contribution in [2.45, 2.75) is 25.7 Å². The van der Waals surface area contributed by atoms with E-state index in [2.05, 4.69) is 34.5 Å². The molecule has 1 aliphatic heterocycles. The summed E-state index contributed by atoms with van der Waals surface area (Å²) in [7, 11) is 1.68. The van der Waals surface area contributed by atoms with Crippen LogP contribution in [0.5, 0.6) is 5.75 Å². The van der Waals surface area contributed by atoms with E-state index in [0.29, 0.717) is 12.3 Å². The molecule has 5 heteroatoms. The molecule has 0 radical (unpaired) electrons. The maximum atomic E-state index is 12.4. The molecule has 0 saturated carbocycles. The Kier molecular flexibility index (Phi) is 6.34. The van der Waals surface area contributed by atoms with Crippen molar-refractivity contribution in [3.8, 4) is 5.75 Å². The number of rotatable bonds is 7. The van der Waals surface area contributed by atoms with Crippen LogP contribution >= 0.6 is 11.3 Å². The Labute approximate surface area is 154 Å². The fourth-order valence-corrected chi connectivity index (χ4v) is 3.95. The summed E-state index contributed by atoms with van der Waals surface area (Å²) in [6.45, 7) is 3.42. The second-order valence-electron chi connectivity index (χ2n) is 6.35. The number of hydrogen-bond donors (Lipinski definition) is 0. The van der Waals surface area contributed by atoms with Gasteiger partial charge in [-0.25, -0.2) is 0 Å². The zero-order valence-corrected chi connectivity index (χ0v) is 15.6. The molecular weight excluding hydrogens is 332 g/mol. The van der Waals surface area contributed by atoms with E-state index in [9.17, 15) is 4.79 Å². The molecule has 1 aliphatic rings. The summed E-state index contributed by atoms with van der Waals surface area (Å²) in [6.07, 6.45) is 3.84. The zero-order valence-electron chi connectivity index (χ0n) is 14.8. The smallest absolute Gasteiger partial charge is 0.222 e. The highest BCUT2D eigenvalue weighted by molar-refractivity contribution is 7.09. The molecule has 3 rings (SSSR count). The molecule has 25 heavy (non-hydrogen) atoms. The van der Waals surface area contributed by atoms with Gasteiger partial charge in [0.2, 0.25) is 5.91 Å². The molecule has 1 aromatic heterocycles. The molecule has 134 valence electrons. The van der Waals surface area contributed by atoms with E-state index in [-0.39, 0.29) is 0 Å². The van der Waals surface area contributed by atoms with Crippen LogP contribution in [0.25, 0.3) is 0 Å². The number of unbranched alkanes of at least 4 members (excludes halogenated alkanes) is 1. The Morgan fingerprint density at radius 2 is 1.84 bits per heavy atom. The van der Waals surface area contributed by atoms with Gasteiger partial charge < -0.3 is 14.5 Å². The summed E-state index contributed by atoms with van der Waals surface area (Å²) >= 11 is 1.80. The number of aryl methyl sites for hydroxylation is 1. The molecule has 2 aromatic rings. The molecule has 0 aliphatic carbocycles. The van der Waals surface area contributed by atoms with Crippen LogP contribution in [0.15, 0.2) is 41.8 Å². The second-order valence-corrected chi connectivity index (χ2v) is 7.38. The van der Waals surface area contributed by atoms with Crippen molar-refractivity contribution in [3.05, 3.63) is 46.7 Å². The lowest BCUT2D eigenvalue weighted by Gasteiger charge is -2.36. The molecule has 2 heterocycles. The van der Waals surface area contributed by atoms with E-state index in [1.807, 2.05) is 17.0 Å². The third-order valence-corrected chi connectivity index (χ3v) is 5.65. The van der Waals surface area contributed by atoms with Gasteiger partial charge in [-0.15, -0.1) is 11.3 Å². The third-order valence-electron chi connectivity index (χ3n) is 4.71. The number of hydrogen-bond acceptors (Lipinski definition) is 4. The van der Waals surface area contributed by atoms with E-state index in [1.54, 1.807) is 18.4 Å². The molecule has 1 fully saturated rings. The summed E-state index contributed by atoms with van der Waals surface area (Å²) in [4.78, 5) is 18.1. The van der Waals surface area contributed by atoms with Crippen LogP contribution in [0.2, 0.25) is 0 Å². The van der Waals surface area contributed by atoms with Crippen molar-refractivity contribution in [2.24, 2.45) is 0 Å². The molecule has 0 spiro atoms. The van der Waals surface area contributed by atoms with Gasteiger partial charge in [0.05, 0.1) is 7.11 Å². The minimum Gasteiger partial charge on any atom is -0.497 e. The average molecular weight is 359 g/mol. The van der Waals surface area contributed by atoms with Crippen molar-refractivity contribution in [3.63, 3.8) is 0 Å². The van der Waals surface area contributed by atoms with Gasteiger partial charge in [-0.2, -0.15) is 0 Å². The summed E-state index contributed by atoms with van der Waals surface area (Å²) in [5, 5.41) is 2.11. The van der Waals surface area contributed by atoms with Crippen molar-refractivity contribution in [1.29, 1.82) is 0 Å². The molecule has 0 atom stereocenters. The van der Waals surface area contributed by atoms with Crippen LogP contribution in [-0.2, 0) is 11.2 Å². The molecule has 0 unspecified atom stereocenters. The molecule has 0 N–H and O–H groups in total. The number of anilines is 1. The average Bonchev–Trinajstić information content (AvgIpc) is 3.19. The van der Waals surface area contributed by atoms with Crippen LogP contribution in [0.1, 0.15) is 24.1 Å². The highest BCUT2D eigenvalue weighted by Gasteiger charge is 2.20. The summed E-state index contributed by atoms with van der Waals surface area (Å²) < 4.78 is 5.20. The number of piperazine rings is 1. The van der Waals surface area contributed by atoms with E-state index < -0.39 is 0 Å². The van der Waals surface area contributed by atoms with Gasteiger partial charge >= 0.3 is 0 Å². The Morgan fingerprint density at radius 3 is 2.48 bits per heavy atom. The van der Waals surface area contributed by atoms with E-state index in [4.69, 9.17) is 4.74 Å². The van der Waals surface area contributed by atoms with Crippen molar-refractivity contribution in [2.75, 3.05) is 38.2 Å². The first kappa shape index (κ1) is 17.8.